The number of carbonyl (C=O) groups is 3. The first kappa shape index (κ1) is 51.7. The number of hydrogen-bond donors (Lipinski definition) is 8. The number of aromatic amines is 1. The molecule has 2 aromatic heterocycles. The highest BCUT2D eigenvalue weighted by molar-refractivity contribution is 7.60. The highest BCUT2D eigenvalue weighted by Crippen LogP contribution is 2.57. The van der Waals surface area contributed by atoms with Crippen LogP contribution in [0.2, 0.25) is 0 Å². The third kappa shape index (κ3) is 11.7. The van der Waals surface area contributed by atoms with Crippen molar-refractivity contribution in [1.29, 1.82) is 0 Å². The van der Waals surface area contributed by atoms with Gasteiger partial charge in [-0.15, -0.1) is 11.3 Å². The van der Waals surface area contributed by atoms with Crippen molar-refractivity contribution in [2.75, 3.05) is 72.1 Å². The minimum Gasteiger partial charge on any atom is -0.440 e. The van der Waals surface area contributed by atoms with Crippen molar-refractivity contribution in [1.82, 2.24) is 34.6 Å². The van der Waals surface area contributed by atoms with Crippen molar-refractivity contribution in [2.45, 2.75) is 37.4 Å². The third-order valence-electron chi connectivity index (χ3n) is 11.3. The Morgan fingerprint density at radius 2 is 1.76 bits per heavy atom. The van der Waals surface area contributed by atoms with E-state index in [-0.39, 0.29) is 55.0 Å². The Kier molecular flexibility index (Phi) is 15.6. The number of rotatable bonds is 17. The minimum atomic E-state index is -5.50. The predicted molar refractivity (Wildman–Crippen MR) is 258 cm³/mol. The number of imidazole rings is 1. The van der Waals surface area contributed by atoms with Crippen LogP contribution in [-0.4, -0.2) is 137 Å². The van der Waals surface area contributed by atoms with Gasteiger partial charge >= 0.3 is 27.4 Å². The quantitative estimate of drug-likeness (QED) is 0.0278. The van der Waals surface area contributed by atoms with Crippen LogP contribution in [0.25, 0.3) is 42.8 Å². The number of phosphoric acid groups is 2. The van der Waals surface area contributed by atoms with Gasteiger partial charge in [0.2, 0.25) is 23.0 Å². The summed E-state index contributed by atoms with van der Waals surface area (Å²) in [5, 5.41) is 18.5. The number of aromatic nitrogens is 4. The molecule has 0 radical (unpaired) electrons. The van der Waals surface area contributed by atoms with Crippen LogP contribution in [0.4, 0.5) is 16.4 Å². The molecular formula is C43H54N10O14P2S+2. The van der Waals surface area contributed by atoms with Gasteiger partial charge < -0.3 is 55.4 Å². The summed E-state index contributed by atoms with van der Waals surface area (Å²) >= 11 is 1.69. The van der Waals surface area contributed by atoms with Crippen molar-refractivity contribution in [3.05, 3.63) is 88.3 Å². The molecule has 1 aliphatic carbocycles. The lowest BCUT2D eigenvalue weighted by atomic mass is 9.91. The molecular weight excluding hydrogens is 975 g/mol. The molecule has 4 heterocycles. The van der Waals surface area contributed by atoms with Crippen molar-refractivity contribution < 1.29 is 66.2 Å². The van der Waals surface area contributed by atoms with Gasteiger partial charge in [0.15, 0.2) is 18.5 Å². The van der Waals surface area contributed by atoms with E-state index in [9.17, 15) is 38.3 Å². The molecule has 3 amide bonds. The van der Waals surface area contributed by atoms with Gasteiger partial charge in [-0.1, -0.05) is 29.2 Å². The number of nitrogens with one attached hydrogen (secondary N) is 3. The molecule has 0 spiro atoms. The number of aliphatic hydroxyl groups is 1. The van der Waals surface area contributed by atoms with Crippen LogP contribution in [0.1, 0.15) is 29.4 Å². The van der Waals surface area contributed by atoms with Crippen molar-refractivity contribution in [2.24, 2.45) is 7.05 Å². The average molecular weight is 1030 g/mol. The summed E-state index contributed by atoms with van der Waals surface area (Å²) in [6.07, 6.45) is -5.91. The lowest BCUT2D eigenvalue weighted by Gasteiger charge is -2.22. The fourth-order valence-electron chi connectivity index (χ4n) is 8.02. The molecule has 0 saturated carbocycles. The maximum atomic E-state index is 14.2. The molecule has 374 valence electrons. The molecule has 2 aromatic carbocycles. The molecule has 0 bridgehead atoms. The molecule has 1 fully saturated rings. The standard InChI is InChI=1S/C43H52N10O14P2S/c1-49(2)24-13-15-28-31(20-24)70-32-21-25(50(3)4)14-16-29(32)34(28)26-10-7-8-11-27(26)40(57)51(5)19-9-12-33(54)45-17-18-46-43(58)66-37-30(22-64-69(62,63)67-68(59,60)61)65-41(36(37)55)53-23-52(6)35-38(53)47-42(44)48-39(35)56/h7-8,10-11,13-16,20-21,23,30,36-37,41,55H,9,12,17-19,22H2,1-6H3,(H6-2,44,45,46,47,48,54,56,58,59,60,61,62,63)/p+2/t30-,36-,37-,41-/m1/s1. The molecule has 24 nitrogen and oxygen atoms in total. The number of benzene rings is 3. The van der Waals surface area contributed by atoms with Gasteiger partial charge in [-0.2, -0.15) is 4.31 Å². The van der Waals surface area contributed by atoms with E-state index in [0.29, 0.717) is 12.0 Å². The summed E-state index contributed by atoms with van der Waals surface area (Å²) < 4.78 is 48.9. The Balaban J connectivity index is 0.955. The third-order valence-corrected chi connectivity index (χ3v) is 14.6. The second-order valence-corrected chi connectivity index (χ2v) is 20.7. The van der Waals surface area contributed by atoms with Crippen LogP contribution in [0.5, 0.6) is 0 Å². The lowest BCUT2D eigenvalue weighted by Crippen LogP contribution is -2.47. The van der Waals surface area contributed by atoms with Crippen LogP contribution in [0.15, 0.2) is 71.8 Å². The molecule has 9 N–H and O–H groups in total. The summed E-state index contributed by atoms with van der Waals surface area (Å²) in [5.74, 6) is -0.850. The van der Waals surface area contributed by atoms with Crippen LogP contribution in [0, 0.1) is 0 Å². The topological polar surface area (TPSA) is 317 Å². The second-order valence-electron chi connectivity index (χ2n) is 16.8. The Hall–Kier alpha value is -6.11. The monoisotopic (exact) mass is 1030 g/mol. The van der Waals surface area contributed by atoms with Crippen LogP contribution < -0.4 is 41.3 Å². The van der Waals surface area contributed by atoms with Crippen molar-refractivity contribution in [3.63, 3.8) is 0 Å². The maximum absolute atomic E-state index is 14.2. The van der Waals surface area contributed by atoms with E-state index in [1.54, 1.807) is 23.3 Å². The van der Waals surface area contributed by atoms with Gasteiger partial charge in [0.1, 0.15) is 20.2 Å². The smallest absolute Gasteiger partial charge is 0.440 e. The number of phosphoric ester groups is 1. The second kappa shape index (κ2) is 21.1. The fourth-order valence-corrected chi connectivity index (χ4v) is 10.8. The number of nitrogens with zero attached hydrogens (tertiary/aromatic N) is 6. The van der Waals surface area contributed by atoms with E-state index < -0.39 is 58.4 Å². The molecule has 2 aliphatic heterocycles. The Morgan fingerprint density at radius 3 is 2.47 bits per heavy atom. The average Bonchev–Trinajstić information content (AvgIpc) is 3.78. The van der Waals surface area contributed by atoms with Gasteiger partial charge in [0, 0.05) is 91.1 Å². The number of nitrogens with two attached hydrogens (primary N) is 1. The summed E-state index contributed by atoms with van der Waals surface area (Å²) in [5.41, 5.74) is 9.39. The van der Waals surface area contributed by atoms with Gasteiger partial charge in [-0.25, -0.2) is 23.1 Å². The normalized spacial score (nSPS) is 17.9. The largest absolute Gasteiger partial charge is 0.481 e. The number of fused-ring (bicyclic) bond motifs is 3. The maximum Gasteiger partial charge on any atom is 0.481 e. The lowest BCUT2D eigenvalue weighted by molar-refractivity contribution is -0.745. The van der Waals surface area contributed by atoms with Crippen molar-refractivity contribution >= 4 is 77.8 Å². The van der Waals surface area contributed by atoms with Gasteiger partial charge in [0.25, 0.3) is 17.4 Å². The van der Waals surface area contributed by atoms with E-state index >= 15 is 0 Å². The van der Waals surface area contributed by atoms with Gasteiger partial charge in [0.05, 0.1) is 13.7 Å². The number of hydrogen-bond acceptors (Lipinski definition) is 15. The summed E-state index contributed by atoms with van der Waals surface area (Å²) in [4.78, 5) is 91.7. The molecule has 1 saturated heterocycles. The fraction of sp³-hybridized carbons (Fsp3) is 0.372. The summed E-state index contributed by atoms with van der Waals surface area (Å²) in [6.45, 7) is -0.950. The highest BCUT2D eigenvalue weighted by Gasteiger charge is 2.51. The molecule has 7 rings (SSSR count). The number of carbonyl (C=O) groups excluding carboxylic acids is 3. The molecule has 70 heavy (non-hydrogen) atoms. The number of aryl methyl sites for hydroxylation is 1. The van der Waals surface area contributed by atoms with E-state index in [4.69, 9.17) is 29.5 Å². The van der Waals surface area contributed by atoms with Gasteiger partial charge in [-0.3, -0.25) is 28.5 Å². The number of aliphatic hydroxyl groups excluding tert-OH is 1. The van der Waals surface area contributed by atoms with E-state index in [1.807, 2.05) is 52.5 Å². The van der Waals surface area contributed by atoms with E-state index in [1.165, 1.54) is 22.5 Å². The zero-order valence-corrected chi connectivity index (χ0v) is 41.4. The molecule has 1 unspecified atom stereocenters. The number of amides is 3. The zero-order chi connectivity index (χ0) is 50.8. The molecule has 5 atom stereocenters. The molecule has 4 aromatic rings. The first-order chi connectivity index (χ1) is 33.0. The van der Waals surface area contributed by atoms with E-state index in [0.717, 1.165) is 42.7 Å². The SMILES string of the molecule is CN(CCCC(=O)NCCNC(=O)O[C@H]1[C@@H](O)[C@H]([n+]2cn(C)c3c(=O)[nH]c(N)nc32)O[C@@H]1COP(=O)(O)OP(=O)(O)O)C(=O)c1ccccc1-c1c2ccc(=[N+](C)C)cc-2sc2cc(N(C)C)ccc12. The van der Waals surface area contributed by atoms with Crippen LogP contribution >= 0.6 is 27.0 Å². The summed E-state index contributed by atoms with van der Waals surface area (Å²) in [6, 6.07) is 20.1. The number of nitrogen functional groups attached to an aromatic ring is 1. The van der Waals surface area contributed by atoms with E-state index in [2.05, 4.69) is 70.8 Å². The van der Waals surface area contributed by atoms with Crippen molar-refractivity contribution in [3.8, 4) is 21.6 Å². The number of ether oxygens (including phenoxy) is 2. The predicted octanol–water partition coefficient (Wildman–Crippen LogP) is 1.46. The Morgan fingerprint density at radius 1 is 1.03 bits per heavy atom. The van der Waals surface area contributed by atoms with Crippen LogP contribution in [-0.2, 0) is 39.3 Å². The Bertz CT molecular complexity index is 3170. The number of alkyl carbamates (subject to hydrolysis) is 1. The molecule has 3 aliphatic rings. The highest BCUT2D eigenvalue weighted by atomic mass is 32.1. The number of H-pyrrole nitrogens is 1. The Labute approximate surface area is 403 Å². The van der Waals surface area contributed by atoms with Crippen LogP contribution in [0.3, 0.4) is 0 Å². The number of anilines is 2. The first-order valence-electron chi connectivity index (χ1n) is 21.6. The van der Waals surface area contributed by atoms with Gasteiger partial charge in [-0.05, 0) is 41.8 Å². The summed E-state index contributed by atoms with van der Waals surface area (Å²) in [7, 11) is 0.232. The minimum absolute atomic E-state index is 0.0169. The first-order valence-corrected chi connectivity index (χ1v) is 25.4. The molecule has 27 heteroatoms. The zero-order valence-electron chi connectivity index (χ0n) is 38.8.